The van der Waals surface area contributed by atoms with Crippen LogP contribution in [0.2, 0.25) is 0 Å². The van der Waals surface area contributed by atoms with Gasteiger partial charge < -0.3 is 19.7 Å². The van der Waals surface area contributed by atoms with Gasteiger partial charge in [0.1, 0.15) is 19.3 Å². The highest BCUT2D eigenvalue weighted by molar-refractivity contribution is 9.10. The Kier molecular flexibility index (Phi) is 7.91. The molecular formula is C26H31BrN2O4. The van der Waals surface area contributed by atoms with Crippen molar-refractivity contribution in [2.24, 2.45) is 0 Å². The van der Waals surface area contributed by atoms with E-state index in [1.165, 1.54) is 0 Å². The predicted molar refractivity (Wildman–Crippen MR) is 130 cm³/mol. The molecule has 2 aliphatic rings. The van der Waals surface area contributed by atoms with Crippen molar-refractivity contribution in [1.29, 1.82) is 0 Å². The summed E-state index contributed by atoms with van der Waals surface area (Å²) >= 11 is 3.50. The first kappa shape index (κ1) is 23.6. The zero-order valence-electron chi connectivity index (χ0n) is 19.0. The molecular weight excluding hydrogens is 484 g/mol. The fraction of sp³-hybridized carbons (Fsp3) is 0.462. The summed E-state index contributed by atoms with van der Waals surface area (Å²) in [6.07, 6.45) is 5.21. The van der Waals surface area contributed by atoms with Gasteiger partial charge in [0.2, 0.25) is 11.8 Å². The zero-order chi connectivity index (χ0) is 23.2. The number of hydrogen-bond acceptors (Lipinski definition) is 4. The number of amides is 2. The fourth-order valence-electron chi connectivity index (χ4n) is 4.44. The number of carbonyl (C=O) groups excluding carboxylic acids is 2. The Balaban J connectivity index is 1.45. The Morgan fingerprint density at radius 1 is 1.06 bits per heavy atom. The number of rotatable bonds is 8. The third-order valence-corrected chi connectivity index (χ3v) is 6.84. The van der Waals surface area contributed by atoms with E-state index in [9.17, 15) is 9.59 Å². The number of halogens is 1. The van der Waals surface area contributed by atoms with E-state index in [1.54, 1.807) is 4.90 Å². The smallest absolute Gasteiger partial charge is 0.242 e. The van der Waals surface area contributed by atoms with Crippen LogP contribution in [0.1, 0.15) is 50.2 Å². The lowest BCUT2D eigenvalue weighted by atomic mass is 10.1. The molecule has 33 heavy (non-hydrogen) atoms. The van der Waals surface area contributed by atoms with Crippen molar-refractivity contribution in [3.63, 3.8) is 0 Å². The minimum absolute atomic E-state index is 0.0427. The number of nitrogens with one attached hydrogen (secondary N) is 1. The summed E-state index contributed by atoms with van der Waals surface area (Å²) < 4.78 is 12.2. The fourth-order valence-corrected chi connectivity index (χ4v) is 4.89. The third-order valence-electron chi connectivity index (χ3n) is 6.34. The van der Waals surface area contributed by atoms with Crippen LogP contribution in [0.5, 0.6) is 11.5 Å². The second kappa shape index (κ2) is 11.1. The van der Waals surface area contributed by atoms with Crippen molar-refractivity contribution in [2.75, 3.05) is 13.2 Å². The van der Waals surface area contributed by atoms with Crippen LogP contribution >= 0.6 is 15.9 Å². The zero-order valence-corrected chi connectivity index (χ0v) is 20.6. The van der Waals surface area contributed by atoms with Gasteiger partial charge in [-0.1, -0.05) is 47.0 Å². The molecule has 2 aromatic rings. The van der Waals surface area contributed by atoms with Gasteiger partial charge in [-0.2, -0.15) is 0 Å². The highest BCUT2D eigenvalue weighted by atomic mass is 79.9. The van der Waals surface area contributed by atoms with Gasteiger partial charge in [0.25, 0.3) is 0 Å². The topological polar surface area (TPSA) is 67.9 Å². The van der Waals surface area contributed by atoms with Gasteiger partial charge in [0, 0.05) is 23.5 Å². The minimum Gasteiger partial charge on any atom is -0.486 e. The summed E-state index contributed by atoms with van der Waals surface area (Å²) in [5, 5.41) is 3.15. The van der Waals surface area contributed by atoms with E-state index in [2.05, 4.69) is 21.2 Å². The van der Waals surface area contributed by atoms with Crippen molar-refractivity contribution in [3.8, 4) is 11.5 Å². The van der Waals surface area contributed by atoms with Crippen molar-refractivity contribution in [3.05, 3.63) is 58.1 Å². The quantitative estimate of drug-likeness (QED) is 0.557. The molecule has 1 saturated carbocycles. The predicted octanol–water partition coefficient (Wildman–Crippen LogP) is 4.63. The van der Waals surface area contributed by atoms with Crippen LogP contribution in [0, 0.1) is 0 Å². The molecule has 2 aromatic carbocycles. The summed E-state index contributed by atoms with van der Waals surface area (Å²) in [4.78, 5) is 28.0. The summed E-state index contributed by atoms with van der Waals surface area (Å²) in [5.41, 5.74) is 2.00. The Bertz CT molecular complexity index is 990. The van der Waals surface area contributed by atoms with Gasteiger partial charge in [-0.15, -0.1) is 0 Å². The molecule has 0 aromatic heterocycles. The second-order valence-corrected chi connectivity index (χ2v) is 9.71. The number of nitrogens with zero attached hydrogens (tertiary/aromatic N) is 1. The molecule has 1 aliphatic heterocycles. The highest BCUT2D eigenvalue weighted by Crippen LogP contribution is 2.31. The lowest BCUT2D eigenvalue weighted by Crippen LogP contribution is -2.49. The summed E-state index contributed by atoms with van der Waals surface area (Å²) in [5.74, 6) is 1.34. The van der Waals surface area contributed by atoms with Crippen molar-refractivity contribution in [2.45, 2.75) is 64.1 Å². The third kappa shape index (κ3) is 6.28. The number of benzene rings is 2. The van der Waals surface area contributed by atoms with E-state index in [-0.39, 0.29) is 17.9 Å². The average Bonchev–Trinajstić information content (AvgIpc) is 3.33. The molecule has 1 aliphatic carbocycles. The lowest BCUT2D eigenvalue weighted by molar-refractivity contribution is -0.140. The molecule has 6 nitrogen and oxygen atoms in total. The minimum atomic E-state index is -0.544. The lowest BCUT2D eigenvalue weighted by Gasteiger charge is -2.30. The Labute approximate surface area is 203 Å². The van der Waals surface area contributed by atoms with Gasteiger partial charge in [0.15, 0.2) is 11.5 Å². The summed E-state index contributed by atoms with van der Waals surface area (Å²) in [6, 6.07) is 13.3. The maximum Gasteiger partial charge on any atom is 0.242 e. The molecule has 1 N–H and O–H groups in total. The van der Waals surface area contributed by atoms with E-state index in [0.29, 0.717) is 32.6 Å². The molecule has 0 radical (unpaired) electrons. The first-order valence-corrected chi connectivity index (χ1v) is 12.5. The second-order valence-electron chi connectivity index (χ2n) is 8.80. The van der Waals surface area contributed by atoms with Gasteiger partial charge in [-0.25, -0.2) is 0 Å². The maximum atomic E-state index is 13.4. The van der Waals surface area contributed by atoms with E-state index in [0.717, 1.165) is 52.8 Å². The molecule has 0 saturated heterocycles. The molecule has 176 valence electrons. The Morgan fingerprint density at radius 3 is 2.58 bits per heavy atom. The number of carbonyl (C=O) groups is 2. The van der Waals surface area contributed by atoms with Crippen LogP contribution in [0.4, 0.5) is 0 Å². The Hall–Kier alpha value is -2.54. The van der Waals surface area contributed by atoms with Gasteiger partial charge in [0.05, 0.1) is 0 Å². The van der Waals surface area contributed by atoms with Crippen LogP contribution in [0.15, 0.2) is 46.9 Å². The van der Waals surface area contributed by atoms with E-state index in [4.69, 9.17) is 9.47 Å². The molecule has 1 fully saturated rings. The van der Waals surface area contributed by atoms with Crippen LogP contribution in [0.3, 0.4) is 0 Å². The molecule has 1 heterocycles. The van der Waals surface area contributed by atoms with Crippen LogP contribution in [-0.4, -0.2) is 42.0 Å². The molecule has 0 bridgehead atoms. The largest absolute Gasteiger partial charge is 0.486 e. The standard InChI is InChI=1S/C26H31BrN2O4/c1-18(26(31)28-22-7-2-3-8-22)29(17-20-5-4-6-21(27)15-20)25(30)12-10-19-9-11-23-24(16-19)33-14-13-32-23/h4-6,9,11,15-16,18,22H,2-3,7-8,10,12-14,17H2,1H3,(H,28,31). The van der Waals surface area contributed by atoms with Gasteiger partial charge in [-0.05, 0) is 61.6 Å². The van der Waals surface area contributed by atoms with E-state index < -0.39 is 6.04 Å². The SMILES string of the molecule is CC(C(=O)NC1CCCC1)N(Cc1cccc(Br)c1)C(=O)CCc1ccc2c(c1)OCCO2. The molecule has 7 heteroatoms. The van der Waals surface area contributed by atoms with Crippen LogP contribution < -0.4 is 14.8 Å². The monoisotopic (exact) mass is 514 g/mol. The van der Waals surface area contributed by atoms with Crippen LogP contribution in [-0.2, 0) is 22.6 Å². The van der Waals surface area contributed by atoms with Gasteiger partial charge >= 0.3 is 0 Å². The average molecular weight is 515 g/mol. The maximum absolute atomic E-state index is 13.4. The number of aryl methyl sites for hydroxylation is 1. The molecule has 4 rings (SSSR count). The molecule has 1 atom stereocenters. The van der Waals surface area contributed by atoms with Gasteiger partial charge in [-0.3, -0.25) is 9.59 Å². The van der Waals surface area contributed by atoms with Crippen molar-refractivity contribution < 1.29 is 19.1 Å². The number of hydrogen-bond donors (Lipinski definition) is 1. The van der Waals surface area contributed by atoms with Crippen molar-refractivity contribution in [1.82, 2.24) is 10.2 Å². The highest BCUT2D eigenvalue weighted by Gasteiger charge is 2.28. The first-order valence-electron chi connectivity index (χ1n) is 11.7. The normalized spacial score (nSPS) is 16.3. The van der Waals surface area contributed by atoms with E-state index >= 15 is 0 Å². The van der Waals surface area contributed by atoms with E-state index in [1.807, 2.05) is 49.4 Å². The number of fused-ring (bicyclic) bond motifs is 1. The number of ether oxygens (including phenoxy) is 2. The molecule has 1 unspecified atom stereocenters. The molecule has 2 amide bonds. The first-order chi connectivity index (χ1) is 16.0. The van der Waals surface area contributed by atoms with Crippen molar-refractivity contribution >= 4 is 27.7 Å². The molecule has 0 spiro atoms. The Morgan fingerprint density at radius 2 is 1.82 bits per heavy atom. The summed E-state index contributed by atoms with van der Waals surface area (Å²) in [6.45, 7) is 3.29. The van der Waals surface area contributed by atoms with Crippen LogP contribution in [0.25, 0.3) is 0 Å². The summed E-state index contributed by atoms with van der Waals surface area (Å²) in [7, 11) is 0.